The third-order valence-electron chi connectivity index (χ3n) is 9.54. The molecular formula is C46H52Br2. The van der Waals surface area contributed by atoms with E-state index in [4.69, 9.17) is 0 Å². The summed E-state index contributed by atoms with van der Waals surface area (Å²) in [5.41, 5.74) is 15.1. The first kappa shape index (κ1) is 36.3. The summed E-state index contributed by atoms with van der Waals surface area (Å²) in [7, 11) is 0. The molecule has 0 saturated heterocycles. The van der Waals surface area contributed by atoms with Crippen LogP contribution in [0.15, 0.2) is 106 Å². The molecule has 0 N–H and O–H groups in total. The highest BCUT2D eigenvalue weighted by Gasteiger charge is 2.27. The first-order valence-electron chi connectivity index (χ1n) is 17.2. The van der Waals surface area contributed by atoms with Crippen LogP contribution in [0.5, 0.6) is 0 Å². The molecule has 0 unspecified atom stereocenters. The average Bonchev–Trinajstić information content (AvgIpc) is 3.00. The third kappa shape index (κ3) is 7.46. The fourth-order valence-corrected chi connectivity index (χ4v) is 8.03. The molecule has 48 heavy (non-hydrogen) atoms. The molecule has 2 heteroatoms. The lowest BCUT2D eigenvalue weighted by Crippen LogP contribution is -2.11. The Bertz CT molecular complexity index is 1610. The molecule has 0 aliphatic rings. The minimum atomic E-state index is 0.0744. The molecule has 0 saturated carbocycles. The maximum Gasteiger partial charge on any atom is 0.0345 e. The van der Waals surface area contributed by atoms with Gasteiger partial charge < -0.3 is 0 Å². The van der Waals surface area contributed by atoms with Gasteiger partial charge in [-0.15, -0.1) is 0 Å². The second-order valence-corrected chi connectivity index (χ2v) is 19.0. The molecule has 0 aromatic heterocycles. The highest BCUT2D eigenvalue weighted by Crippen LogP contribution is 2.53. The van der Waals surface area contributed by atoms with Crippen molar-refractivity contribution in [2.24, 2.45) is 0 Å². The van der Waals surface area contributed by atoms with Crippen molar-refractivity contribution >= 4 is 31.9 Å². The maximum absolute atomic E-state index is 4.27. The van der Waals surface area contributed by atoms with E-state index in [1.165, 1.54) is 66.8 Å². The monoisotopic (exact) mass is 762 g/mol. The second kappa shape index (κ2) is 13.1. The van der Waals surface area contributed by atoms with E-state index in [0.29, 0.717) is 0 Å². The Kier molecular flexibility index (Phi) is 9.90. The van der Waals surface area contributed by atoms with E-state index in [9.17, 15) is 0 Å². The van der Waals surface area contributed by atoms with Crippen LogP contribution < -0.4 is 0 Å². The van der Waals surface area contributed by atoms with Crippen molar-refractivity contribution in [3.63, 3.8) is 0 Å². The van der Waals surface area contributed by atoms with E-state index in [-0.39, 0.29) is 21.7 Å². The van der Waals surface area contributed by atoms with Crippen LogP contribution in [-0.4, -0.2) is 0 Å². The minimum Gasteiger partial charge on any atom is -0.0579 e. The quantitative estimate of drug-likeness (QED) is 0.171. The van der Waals surface area contributed by atoms with E-state index >= 15 is 0 Å². The Hall–Kier alpha value is -2.94. The van der Waals surface area contributed by atoms with Gasteiger partial charge in [-0.3, -0.25) is 0 Å². The number of benzene rings is 5. The van der Waals surface area contributed by atoms with Crippen LogP contribution in [0.3, 0.4) is 0 Å². The van der Waals surface area contributed by atoms with E-state index in [0.717, 1.165) is 8.95 Å². The molecule has 0 aliphatic heterocycles. The molecule has 5 aromatic carbocycles. The van der Waals surface area contributed by atoms with Gasteiger partial charge in [0.1, 0.15) is 0 Å². The summed E-state index contributed by atoms with van der Waals surface area (Å²) in [4.78, 5) is 0. The predicted octanol–water partition coefficient (Wildman–Crippen LogP) is 15.1. The van der Waals surface area contributed by atoms with Crippen molar-refractivity contribution in [1.82, 2.24) is 0 Å². The summed E-state index contributed by atoms with van der Waals surface area (Å²) < 4.78 is 2.20. The lowest BCUT2D eigenvalue weighted by atomic mass is 9.81. The summed E-state index contributed by atoms with van der Waals surface area (Å²) in [5.74, 6) is 0. The van der Waals surface area contributed by atoms with E-state index < -0.39 is 0 Å². The predicted molar refractivity (Wildman–Crippen MR) is 218 cm³/mol. The van der Waals surface area contributed by atoms with Gasteiger partial charge in [0.05, 0.1) is 0 Å². The van der Waals surface area contributed by atoms with Gasteiger partial charge in [0.25, 0.3) is 0 Å². The fraction of sp³-hybridized carbons (Fsp3) is 0.348. The standard InChI is InChI=1S/C46H52Br2/c1-43(2,3)33-21-13-29(14-22-33)37-38(30-15-23-34(24-16-30)44(4,5)6)42(48)40(32-19-27-36(28-20-32)46(10,11)12)39(41(37)47)31-17-25-35(26-18-31)45(7,8)9/h13-28H,1-12H3. The van der Waals surface area contributed by atoms with Crippen LogP contribution in [0.4, 0.5) is 0 Å². The van der Waals surface area contributed by atoms with E-state index in [2.05, 4.69) is 212 Å². The number of rotatable bonds is 4. The Morgan fingerprint density at radius 1 is 0.271 bits per heavy atom. The molecule has 0 amide bonds. The van der Waals surface area contributed by atoms with Crippen molar-refractivity contribution in [3.05, 3.63) is 128 Å². The normalized spacial score (nSPS) is 12.8. The van der Waals surface area contributed by atoms with Gasteiger partial charge in [0.15, 0.2) is 0 Å². The molecule has 5 aromatic rings. The van der Waals surface area contributed by atoms with Crippen molar-refractivity contribution in [2.75, 3.05) is 0 Å². The Morgan fingerprint density at radius 3 is 0.542 bits per heavy atom. The van der Waals surface area contributed by atoms with Gasteiger partial charge in [-0.25, -0.2) is 0 Å². The minimum absolute atomic E-state index is 0.0744. The Balaban J connectivity index is 1.89. The van der Waals surface area contributed by atoms with Crippen molar-refractivity contribution in [3.8, 4) is 44.5 Å². The summed E-state index contributed by atoms with van der Waals surface area (Å²) in [6.45, 7) is 27.3. The lowest BCUT2D eigenvalue weighted by Gasteiger charge is -2.26. The Labute approximate surface area is 307 Å². The Morgan fingerprint density at radius 2 is 0.417 bits per heavy atom. The lowest BCUT2D eigenvalue weighted by molar-refractivity contribution is 0.590. The first-order chi connectivity index (χ1) is 22.2. The fourth-order valence-electron chi connectivity index (χ4n) is 6.32. The van der Waals surface area contributed by atoms with Gasteiger partial charge in [0.2, 0.25) is 0 Å². The van der Waals surface area contributed by atoms with Gasteiger partial charge in [-0.05, 0) is 98.0 Å². The highest BCUT2D eigenvalue weighted by atomic mass is 79.9. The van der Waals surface area contributed by atoms with Crippen LogP contribution >= 0.6 is 31.9 Å². The molecule has 0 heterocycles. The molecule has 0 aliphatic carbocycles. The summed E-state index contributed by atoms with van der Waals surface area (Å²) in [6, 6.07) is 36.7. The molecule has 0 nitrogen and oxygen atoms in total. The molecule has 250 valence electrons. The largest absolute Gasteiger partial charge is 0.0579 e. The number of halogens is 2. The van der Waals surface area contributed by atoms with Crippen molar-refractivity contribution in [1.29, 1.82) is 0 Å². The van der Waals surface area contributed by atoms with Gasteiger partial charge in [0, 0.05) is 31.2 Å². The summed E-state index contributed by atoms with van der Waals surface area (Å²) in [6.07, 6.45) is 0. The zero-order chi connectivity index (χ0) is 35.4. The highest BCUT2D eigenvalue weighted by molar-refractivity contribution is 9.11. The SMILES string of the molecule is CC(C)(C)c1ccc(-c2c(Br)c(-c3ccc(C(C)(C)C)cc3)c(-c3ccc(C(C)(C)C)cc3)c(Br)c2-c2ccc(C(C)(C)C)cc2)cc1. The van der Waals surface area contributed by atoms with Crippen LogP contribution in [0, 0.1) is 0 Å². The van der Waals surface area contributed by atoms with Crippen LogP contribution in [0.25, 0.3) is 44.5 Å². The van der Waals surface area contributed by atoms with Gasteiger partial charge >= 0.3 is 0 Å². The van der Waals surface area contributed by atoms with Crippen LogP contribution in [-0.2, 0) is 21.7 Å². The molecular weight excluding hydrogens is 712 g/mol. The molecule has 0 bridgehead atoms. The number of hydrogen-bond acceptors (Lipinski definition) is 0. The van der Waals surface area contributed by atoms with Gasteiger partial charge in [-0.1, -0.05) is 180 Å². The zero-order valence-corrected chi connectivity index (χ0v) is 34.2. The summed E-state index contributed by atoms with van der Waals surface area (Å²) in [5, 5.41) is 0. The molecule has 5 rings (SSSR count). The molecule has 0 radical (unpaired) electrons. The first-order valence-corrected chi connectivity index (χ1v) is 18.7. The molecule has 0 atom stereocenters. The summed E-state index contributed by atoms with van der Waals surface area (Å²) >= 11 is 8.55. The molecule has 0 spiro atoms. The van der Waals surface area contributed by atoms with Crippen molar-refractivity contribution in [2.45, 2.75) is 105 Å². The van der Waals surface area contributed by atoms with E-state index in [1.54, 1.807) is 0 Å². The van der Waals surface area contributed by atoms with Gasteiger partial charge in [-0.2, -0.15) is 0 Å². The second-order valence-electron chi connectivity index (χ2n) is 17.4. The third-order valence-corrected chi connectivity index (χ3v) is 11.1. The smallest absolute Gasteiger partial charge is 0.0345 e. The molecule has 0 fully saturated rings. The zero-order valence-electron chi connectivity index (χ0n) is 31.0. The van der Waals surface area contributed by atoms with Crippen LogP contribution in [0.1, 0.15) is 105 Å². The maximum atomic E-state index is 4.27. The number of hydrogen-bond donors (Lipinski definition) is 0. The average molecular weight is 765 g/mol. The van der Waals surface area contributed by atoms with Crippen molar-refractivity contribution < 1.29 is 0 Å². The van der Waals surface area contributed by atoms with E-state index in [1.807, 2.05) is 0 Å². The van der Waals surface area contributed by atoms with Crippen LogP contribution in [0.2, 0.25) is 0 Å². The topological polar surface area (TPSA) is 0 Å².